The summed E-state index contributed by atoms with van der Waals surface area (Å²) in [6.45, 7) is 3.93. The molecule has 0 radical (unpaired) electrons. The number of pyridine rings is 1. The summed E-state index contributed by atoms with van der Waals surface area (Å²) in [5.74, 6) is -0.829. The molecule has 3 rings (SSSR count). The van der Waals surface area contributed by atoms with Crippen LogP contribution >= 0.6 is 0 Å². The second-order valence-electron chi connectivity index (χ2n) is 7.10. The number of nitrogens with zero attached hydrogens (tertiary/aromatic N) is 3. The van der Waals surface area contributed by atoms with Crippen LogP contribution < -0.4 is 22.1 Å². The van der Waals surface area contributed by atoms with Crippen molar-refractivity contribution in [2.24, 2.45) is 18.5 Å². The van der Waals surface area contributed by atoms with Gasteiger partial charge in [-0.05, 0) is 31.5 Å². The SMILES string of the molecule is CCC[C@@H](Nc1c(Nc2ncccc2C(N)=O)cc2c(cnn2C)c1F)[C@H](C)N. The van der Waals surface area contributed by atoms with Crippen LogP contribution in [0.1, 0.15) is 37.0 Å². The van der Waals surface area contributed by atoms with Gasteiger partial charge in [0.25, 0.3) is 5.91 Å². The van der Waals surface area contributed by atoms with E-state index in [1.807, 2.05) is 13.8 Å². The molecule has 9 heteroatoms. The quantitative estimate of drug-likeness (QED) is 0.462. The van der Waals surface area contributed by atoms with Crippen LogP contribution in [-0.2, 0) is 7.05 Å². The normalized spacial score (nSPS) is 13.3. The number of halogens is 1. The number of aromatic nitrogens is 3. The first-order chi connectivity index (χ1) is 13.8. The molecule has 6 N–H and O–H groups in total. The van der Waals surface area contributed by atoms with Crippen molar-refractivity contribution in [3.05, 3.63) is 42.0 Å². The molecule has 154 valence electrons. The summed E-state index contributed by atoms with van der Waals surface area (Å²) in [7, 11) is 1.73. The van der Waals surface area contributed by atoms with Gasteiger partial charge in [-0.1, -0.05) is 13.3 Å². The van der Waals surface area contributed by atoms with Gasteiger partial charge >= 0.3 is 0 Å². The Morgan fingerprint density at radius 2 is 2.17 bits per heavy atom. The van der Waals surface area contributed by atoms with E-state index in [-0.39, 0.29) is 29.2 Å². The smallest absolute Gasteiger partial charge is 0.252 e. The summed E-state index contributed by atoms with van der Waals surface area (Å²) < 4.78 is 17.0. The molecule has 0 aliphatic carbocycles. The van der Waals surface area contributed by atoms with Crippen molar-refractivity contribution in [3.8, 4) is 0 Å². The highest BCUT2D eigenvalue weighted by Gasteiger charge is 2.22. The van der Waals surface area contributed by atoms with Gasteiger partial charge in [-0.15, -0.1) is 0 Å². The Hall–Kier alpha value is -3.20. The van der Waals surface area contributed by atoms with Crippen molar-refractivity contribution in [2.45, 2.75) is 38.8 Å². The Kier molecular flexibility index (Phi) is 5.97. The molecule has 2 heterocycles. The molecule has 0 unspecified atom stereocenters. The van der Waals surface area contributed by atoms with Gasteiger partial charge in [0.05, 0.1) is 34.0 Å². The third-order valence-electron chi connectivity index (χ3n) is 4.88. The minimum Gasteiger partial charge on any atom is -0.377 e. The number of nitrogens with one attached hydrogen (secondary N) is 2. The molecular formula is C20H26FN7O. The predicted octanol–water partition coefficient (Wildman–Crippen LogP) is 2.88. The van der Waals surface area contributed by atoms with Crippen LogP contribution in [0, 0.1) is 5.82 Å². The number of benzene rings is 1. The van der Waals surface area contributed by atoms with Gasteiger partial charge in [0.2, 0.25) is 0 Å². The lowest BCUT2D eigenvalue weighted by atomic mass is 10.0. The summed E-state index contributed by atoms with van der Waals surface area (Å²) in [5.41, 5.74) is 13.0. The van der Waals surface area contributed by atoms with Crippen molar-refractivity contribution in [1.82, 2.24) is 14.8 Å². The molecular weight excluding hydrogens is 373 g/mol. The van der Waals surface area contributed by atoms with E-state index in [9.17, 15) is 4.79 Å². The third kappa shape index (κ3) is 4.14. The highest BCUT2D eigenvalue weighted by atomic mass is 19.1. The topological polar surface area (TPSA) is 124 Å². The van der Waals surface area contributed by atoms with E-state index in [1.165, 1.54) is 12.4 Å². The zero-order valence-electron chi connectivity index (χ0n) is 16.7. The predicted molar refractivity (Wildman–Crippen MR) is 113 cm³/mol. The summed E-state index contributed by atoms with van der Waals surface area (Å²) in [6.07, 6.45) is 4.68. The second-order valence-corrected chi connectivity index (χ2v) is 7.10. The first-order valence-corrected chi connectivity index (χ1v) is 9.51. The van der Waals surface area contributed by atoms with Crippen LogP contribution in [-0.4, -0.2) is 32.8 Å². The molecule has 1 amide bonds. The monoisotopic (exact) mass is 399 g/mol. The number of primary amides is 1. The standard InChI is InChI=1S/C20H26FN7O/c1-4-6-14(11(2)22)26-18-15(9-16-13(17(18)21)10-25-28(16)3)27-20-12(19(23)29)7-5-8-24-20/h5,7-11,14,26H,4,6,22H2,1-3H3,(H2,23,29)(H,24,27)/t11-,14+/m0/s1. The second kappa shape index (κ2) is 8.44. The van der Waals surface area contributed by atoms with E-state index < -0.39 is 11.7 Å². The fourth-order valence-electron chi connectivity index (χ4n) is 3.28. The Morgan fingerprint density at radius 3 is 2.83 bits per heavy atom. The Balaban J connectivity index is 2.14. The Morgan fingerprint density at radius 1 is 1.41 bits per heavy atom. The average Bonchev–Trinajstić information content (AvgIpc) is 3.05. The van der Waals surface area contributed by atoms with Crippen LogP contribution in [0.15, 0.2) is 30.6 Å². The number of rotatable bonds is 8. The molecule has 0 fully saturated rings. The fourth-order valence-corrected chi connectivity index (χ4v) is 3.28. The number of aryl methyl sites for hydroxylation is 1. The van der Waals surface area contributed by atoms with Gasteiger partial charge < -0.3 is 22.1 Å². The number of anilines is 3. The summed E-state index contributed by atoms with van der Waals surface area (Å²) in [6, 6.07) is 4.61. The lowest BCUT2D eigenvalue weighted by Crippen LogP contribution is -2.38. The summed E-state index contributed by atoms with van der Waals surface area (Å²) in [5, 5.41) is 10.8. The molecule has 2 atom stereocenters. The molecule has 29 heavy (non-hydrogen) atoms. The molecule has 0 saturated carbocycles. The lowest BCUT2D eigenvalue weighted by molar-refractivity contribution is 0.100. The molecule has 1 aromatic carbocycles. The number of carbonyl (C=O) groups is 1. The van der Waals surface area contributed by atoms with E-state index in [1.54, 1.807) is 29.9 Å². The zero-order valence-corrected chi connectivity index (χ0v) is 16.7. The molecule has 0 aliphatic heterocycles. The maximum Gasteiger partial charge on any atom is 0.252 e. The lowest BCUT2D eigenvalue weighted by Gasteiger charge is -2.25. The van der Waals surface area contributed by atoms with E-state index in [0.29, 0.717) is 16.6 Å². The Labute approximate surface area is 168 Å². The maximum atomic E-state index is 15.5. The molecule has 8 nitrogen and oxygen atoms in total. The summed E-state index contributed by atoms with van der Waals surface area (Å²) in [4.78, 5) is 16.0. The van der Waals surface area contributed by atoms with Crippen LogP contribution in [0.5, 0.6) is 0 Å². The highest BCUT2D eigenvalue weighted by molar-refractivity contribution is 5.99. The third-order valence-corrected chi connectivity index (χ3v) is 4.88. The van der Waals surface area contributed by atoms with Gasteiger partial charge in [-0.2, -0.15) is 5.10 Å². The molecule has 0 bridgehead atoms. The van der Waals surface area contributed by atoms with Crippen molar-refractivity contribution in [1.29, 1.82) is 0 Å². The van der Waals surface area contributed by atoms with Crippen LogP contribution in [0.3, 0.4) is 0 Å². The van der Waals surface area contributed by atoms with Gasteiger partial charge in [0, 0.05) is 25.3 Å². The average molecular weight is 399 g/mol. The van der Waals surface area contributed by atoms with Gasteiger partial charge in [-0.25, -0.2) is 9.37 Å². The van der Waals surface area contributed by atoms with Crippen LogP contribution in [0.2, 0.25) is 0 Å². The molecule has 2 aromatic heterocycles. The zero-order chi connectivity index (χ0) is 21.1. The number of fused-ring (bicyclic) bond motifs is 1. The first-order valence-electron chi connectivity index (χ1n) is 9.51. The number of nitrogens with two attached hydrogens (primary N) is 2. The van der Waals surface area contributed by atoms with Crippen molar-refractivity contribution >= 4 is 34.0 Å². The number of carbonyl (C=O) groups excluding carboxylic acids is 1. The van der Waals surface area contributed by atoms with Gasteiger partial charge in [-0.3, -0.25) is 9.48 Å². The van der Waals surface area contributed by atoms with Crippen LogP contribution in [0.4, 0.5) is 21.6 Å². The molecule has 0 aliphatic rings. The van der Waals surface area contributed by atoms with Crippen molar-refractivity contribution in [3.63, 3.8) is 0 Å². The summed E-state index contributed by atoms with van der Waals surface area (Å²) >= 11 is 0. The van der Waals surface area contributed by atoms with Crippen LogP contribution in [0.25, 0.3) is 10.9 Å². The minimum atomic E-state index is -0.628. The fraction of sp³-hybridized carbons (Fsp3) is 0.350. The highest BCUT2D eigenvalue weighted by Crippen LogP contribution is 2.35. The van der Waals surface area contributed by atoms with E-state index in [2.05, 4.69) is 20.7 Å². The molecule has 0 spiro atoms. The molecule has 0 saturated heterocycles. The van der Waals surface area contributed by atoms with Crippen molar-refractivity contribution in [2.75, 3.05) is 10.6 Å². The number of hydrogen-bond acceptors (Lipinski definition) is 6. The van der Waals surface area contributed by atoms with E-state index in [0.717, 1.165) is 12.8 Å². The first kappa shape index (κ1) is 20.5. The van der Waals surface area contributed by atoms with Crippen molar-refractivity contribution < 1.29 is 9.18 Å². The largest absolute Gasteiger partial charge is 0.377 e. The number of amides is 1. The molecule has 3 aromatic rings. The maximum absolute atomic E-state index is 15.5. The van der Waals surface area contributed by atoms with E-state index in [4.69, 9.17) is 11.5 Å². The van der Waals surface area contributed by atoms with Gasteiger partial charge in [0.1, 0.15) is 5.82 Å². The number of hydrogen-bond donors (Lipinski definition) is 4. The minimum absolute atomic E-state index is 0.136. The Bertz CT molecular complexity index is 1030. The van der Waals surface area contributed by atoms with E-state index >= 15 is 4.39 Å². The van der Waals surface area contributed by atoms with Gasteiger partial charge in [0.15, 0.2) is 5.82 Å².